The third-order valence-electron chi connectivity index (χ3n) is 2.66. The first-order valence-corrected chi connectivity index (χ1v) is 5.61. The number of hydrogen-bond acceptors (Lipinski definition) is 2. The smallest absolute Gasteiger partial charge is 0.455 e. The van der Waals surface area contributed by atoms with Gasteiger partial charge in [0.05, 0.1) is 17.7 Å². The Morgan fingerprint density at radius 1 is 1.16 bits per heavy atom. The highest BCUT2D eigenvalue weighted by Crippen LogP contribution is 2.46. The molecule has 0 saturated carbocycles. The molecule has 19 heavy (non-hydrogen) atoms. The van der Waals surface area contributed by atoms with Gasteiger partial charge in [0.25, 0.3) is 5.78 Å². The van der Waals surface area contributed by atoms with E-state index in [1.54, 1.807) is 12.1 Å². The van der Waals surface area contributed by atoms with E-state index in [4.69, 9.17) is 16.3 Å². The fraction of sp³-hybridized carbons (Fsp3) is 0.154. The molecule has 0 aromatic carbocycles. The molecule has 0 radical (unpaired) electrons. The summed E-state index contributed by atoms with van der Waals surface area (Å²) in [6, 6.07) is 7.72. The van der Waals surface area contributed by atoms with Crippen LogP contribution < -0.4 is 4.74 Å². The van der Waals surface area contributed by atoms with Crippen LogP contribution in [0.4, 0.5) is 13.2 Å². The predicted molar refractivity (Wildman–Crippen MR) is 65.0 cm³/mol. The number of hydrogen-bond donors (Lipinski definition) is 0. The average Bonchev–Trinajstić information content (AvgIpc) is 2.52. The number of methoxy groups -OCH3 is 1. The lowest BCUT2D eigenvalue weighted by Gasteiger charge is -2.07. The molecule has 0 aromatic heterocycles. The quantitative estimate of drug-likeness (QED) is 0.774. The predicted octanol–water partition coefficient (Wildman–Crippen LogP) is 4.20. The largest absolute Gasteiger partial charge is 0.494 e. The lowest BCUT2D eigenvalue weighted by Crippen LogP contribution is -2.23. The summed E-state index contributed by atoms with van der Waals surface area (Å²) < 4.78 is 42.8. The molecule has 2 nitrogen and oxygen atoms in total. The topological polar surface area (TPSA) is 26.3 Å². The zero-order valence-corrected chi connectivity index (χ0v) is 10.5. The molecule has 0 N–H and O–H groups in total. The molecular formula is C13H8ClF3O2. The Kier molecular flexibility index (Phi) is 3.41. The van der Waals surface area contributed by atoms with Crippen LogP contribution in [0.25, 0.3) is 11.1 Å². The van der Waals surface area contributed by atoms with Gasteiger partial charge in [0.2, 0.25) is 0 Å². The van der Waals surface area contributed by atoms with Crippen molar-refractivity contribution in [3.05, 3.63) is 40.9 Å². The summed E-state index contributed by atoms with van der Waals surface area (Å²) in [5.74, 6) is -2.21. The Morgan fingerprint density at radius 3 is 2.26 bits per heavy atom. The Hall–Kier alpha value is -1.75. The lowest BCUT2D eigenvalue weighted by molar-refractivity contribution is -0.0885. The van der Waals surface area contributed by atoms with E-state index < -0.39 is 17.5 Å². The summed E-state index contributed by atoms with van der Waals surface area (Å²) in [7, 11) is 1.17. The summed E-state index contributed by atoms with van der Waals surface area (Å²) in [4.78, 5) is 11.5. The van der Waals surface area contributed by atoms with Crippen LogP contribution in [-0.2, 0) is 0 Å². The second-order valence-corrected chi connectivity index (χ2v) is 4.17. The van der Waals surface area contributed by atoms with Gasteiger partial charge in [0.15, 0.2) is 0 Å². The van der Waals surface area contributed by atoms with E-state index in [9.17, 15) is 18.0 Å². The first kappa shape index (κ1) is 13.7. The SMILES string of the molecule is COc1c(Cl)c2cccccc-2c1C(=O)C(F)(F)F. The van der Waals surface area contributed by atoms with Crippen molar-refractivity contribution in [1.29, 1.82) is 0 Å². The molecule has 0 heterocycles. The van der Waals surface area contributed by atoms with Crippen molar-refractivity contribution in [1.82, 2.24) is 0 Å². The summed E-state index contributed by atoms with van der Waals surface area (Å²) in [5.41, 5.74) is -0.0866. The number of rotatable bonds is 2. The number of alkyl halides is 3. The average molecular weight is 289 g/mol. The summed E-state index contributed by atoms with van der Waals surface area (Å²) >= 11 is 5.97. The van der Waals surface area contributed by atoms with Gasteiger partial charge in [-0.3, -0.25) is 4.79 Å². The van der Waals surface area contributed by atoms with Crippen molar-refractivity contribution in [2.75, 3.05) is 7.11 Å². The molecule has 0 spiro atoms. The van der Waals surface area contributed by atoms with E-state index in [-0.39, 0.29) is 16.3 Å². The van der Waals surface area contributed by atoms with Crippen LogP contribution in [-0.4, -0.2) is 19.1 Å². The minimum atomic E-state index is -4.98. The number of carbonyl (C=O) groups excluding carboxylic acids is 1. The molecule has 0 unspecified atom stereocenters. The Morgan fingerprint density at radius 2 is 1.74 bits per heavy atom. The normalized spacial score (nSPS) is 11.6. The molecule has 2 aliphatic rings. The van der Waals surface area contributed by atoms with E-state index in [2.05, 4.69) is 0 Å². The minimum Gasteiger partial charge on any atom is -0.494 e. The monoisotopic (exact) mass is 288 g/mol. The van der Waals surface area contributed by atoms with Crippen molar-refractivity contribution in [3.8, 4) is 16.9 Å². The second kappa shape index (κ2) is 4.74. The molecule has 0 aliphatic heterocycles. The van der Waals surface area contributed by atoms with E-state index in [0.717, 1.165) is 0 Å². The minimum absolute atomic E-state index is 0.00120. The fourth-order valence-electron chi connectivity index (χ4n) is 1.87. The number of ketones is 1. The standard InChI is InChI=1S/C13H8ClF3O2/c1-19-11-9(12(18)13(15,16)17)7-5-3-2-4-6-8(7)10(11)14/h2-6H,1H3. The third kappa shape index (κ3) is 2.26. The van der Waals surface area contributed by atoms with Crippen LogP contribution in [0.15, 0.2) is 30.3 Å². The molecule has 0 bridgehead atoms. The van der Waals surface area contributed by atoms with Crippen molar-refractivity contribution >= 4 is 17.4 Å². The van der Waals surface area contributed by atoms with Crippen molar-refractivity contribution in [2.45, 2.75) is 6.18 Å². The van der Waals surface area contributed by atoms with Crippen LogP contribution in [0.3, 0.4) is 0 Å². The van der Waals surface area contributed by atoms with Gasteiger partial charge in [0, 0.05) is 5.56 Å². The molecule has 0 fully saturated rings. The summed E-state index contributed by atoms with van der Waals surface area (Å²) in [5, 5.41) is 0.00120. The van der Waals surface area contributed by atoms with Crippen molar-refractivity contribution in [3.63, 3.8) is 0 Å². The van der Waals surface area contributed by atoms with Gasteiger partial charge < -0.3 is 4.74 Å². The maximum absolute atomic E-state index is 12.6. The molecule has 0 saturated heterocycles. The molecule has 2 rings (SSSR count). The van der Waals surface area contributed by atoms with Crippen molar-refractivity contribution in [2.24, 2.45) is 0 Å². The van der Waals surface area contributed by atoms with Crippen LogP contribution in [0, 0.1) is 0 Å². The van der Waals surface area contributed by atoms with Gasteiger partial charge in [-0.05, 0) is 5.56 Å². The van der Waals surface area contributed by atoms with E-state index in [1.807, 2.05) is 0 Å². The molecule has 2 aliphatic carbocycles. The molecular weight excluding hydrogens is 281 g/mol. The highest BCUT2D eigenvalue weighted by Gasteiger charge is 2.44. The van der Waals surface area contributed by atoms with Gasteiger partial charge >= 0.3 is 6.18 Å². The zero-order valence-electron chi connectivity index (χ0n) is 9.72. The van der Waals surface area contributed by atoms with Gasteiger partial charge in [-0.15, -0.1) is 0 Å². The highest BCUT2D eigenvalue weighted by atomic mass is 35.5. The highest BCUT2D eigenvalue weighted by molar-refractivity contribution is 6.37. The molecule has 6 heteroatoms. The molecule has 0 aromatic rings. The third-order valence-corrected chi connectivity index (χ3v) is 3.03. The number of ether oxygens (including phenoxy) is 1. The van der Waals surface area contributed by atoms with E-state index in [0.29, 0.717) is 5.56 Å². The van der Waals surface area contributed by atoms with Crippen LogP contribution in [0.1, 0.15) is 10.4 Å². The second-order valence-electron chi connectivity index (χ2n) is 3.79. The number of carbonyl (C=O) groups is 1. The first-order valence-electron chi connectivity index (χ1n) is 5.23. The number of halogens is 4. The maximum Gasteiger partial charge on any atom is 0.455 e. The molecule has 0 amide bonds. The van der Waals surface area contributed by atoms with Crippen LogP contribution >= 0.6 is 11.6 Å². The van der Waals surface area contributed by atoms with E-state index in [1.165, 1.54) is 25.3 Å². The lowest BCUT2D eigenvalue weighted by atomic mass is 10.1. The molecule has 100 valence electrons. The first-order chi connectivity index (χ1) is 8.88. The number of fused-ring (bicyclic) bond motifs is 1. The Bertz CT molecular complexity index is 608. The zero-order chi connectivity index (χ0) is 14.2. The van der Waals surface area contributed by atoms with Gasteiger partial charge in [-0.25, -0.2) is 0 Å². The van der Waals surface area contributed by atoms with Gasteiger partial charge in [-0.1, -0.05) is 41.9 Å². The van der Waals surface area contributed by atoms with Gasteiger partial charge in [-0.2, -0.15) is 13.2 Å². The van der Waals surface area contributed by atoms with Gasteiger partial charge in [0.1, 0.15) is 5.75 Å². The fourth-order valence-corrected chi connectivity index (χ4v) is 2.21. The van der Waals surface area contributed by atoms with E-state index >= 15 is 0 Å². The summed E-state index contributed by atoms with van der Waals surface area (Å²) in [6.07, 6.45) is -4.98. The Balaban J connectivity index is 2.79. The summed E-state index contributed by atoms with van der Waals surface area (Å²) in [6.45, 7) is 0. The van der Waals surface area contributed by atoms with Crippen molar-refractivity contribution < 1.29 is 22.7 Å². The Labute approximate surface area is 112 Å². The maximum atomic E-state index is 12.6. The number of Topliss-reactive ketones (excluding diaryl/α,β-unsaturated/α-hetero) is 1. The van der Waals surface area contributed by atoms with Crippen LogP contribution in [0.5, 0.6) is 5.75 Å². The van der Waals surface area contributed by atoms with Crippen LogP contribution in [0.2, 0.25) is 5.02 Å². The molecule has 0 atom stereocenters.